The van der Waals surface area contributed by atoms with Crippen LogP contribution in [0.4, 0.5) is 25.2 Å². The van der Waals surface area contributed by atoms with Gasteiger partial charge in [0.15, 0.2) is 0 Å². The quantitative estimate of drug-likeness (QED) is 0.154. The topological polar surface area (TPSA) is 149 Å². The van der Waals surface area contributed by atoms with E-state index < -0.39 is 35.5 Å². The van der Waals surface area contributed by atoms with E-state index in [-0.39, 0.29) is 55.1 Å². The molecule has 2 aromatic carbocycles. The zero-order valence-electron chi connectivity index (χ0n) is 31.6. The van der Waals surface area contributed by atoms with Gasteiger partial charge >= 0.3 is 18.0 Å². The van der Waals surface area contributed by atoms with Crippen LogP contribution in [0.25, 0.3) is 21.5 Å². The molecule has 2 fully saturated rings. The molecule has 6 rings (SSSR count). The molecule has 2 aliphatic rings. The van der Waals surface area contributed by atoms with E-state index >= 15 is 0 Å². The van der Waals surface area contributed by atoms with E-state index in [2.05, 4.69) is 15.3 Å². The molecule has 2 aromatic heterocycles. The summed E-state index contributed by atoms with van der Waals surface area (Å²) in [6.45, 7) is 11.4. The Morgan fingerprint density at radius 1 is 0.782 bits per heavy atom. The minimum Gasteiger partial charge on any atom is -0.466 e. The third kappa shape index (κ3) is 11.5. The van der Waals surface area contributed by atoms with Gasteiger partial charge in [-0.3, -0.25) is 9.59 Å². The van der Waals surface area contributed by atoms with Crippen molar-refractivity contribution in [3.8, 4) is 0 Å². The van der Waals surface area contributed by atoms with Crippen LogP contribution in [0, 0.1) is 23.5 Å². The minimum atomic E-state index is -0.638. The number of aromatic nitrogens is 2. The summed E-state index contributed by atoms with van der Waals surface area (Å²) in [5, 5.41) is 6.01. The number of nitrogens with zero attached hydrogens (tertiary/aromatic N) is 4. The number of hydrogen-bond acceptors (Lipinski definition) is 11. The molecule has 12 nitrogen and oxygen atoms in total. The number of hydrogen-bond donors (Lipinski definition) is 2. The lowest BCUT2D eigenvalue weighted by Gasteiger charge is -2.38. The molecule has 0 saturated carbocycles. The van der Waals surface area contributed by atoms with E-state index in [4.69, 9.17) is 19.9 Å². The fourth-order valence-electron chi connectivity index (χ4n) is 6.68. The van der Waals surface area contributed by atoms with E-state index in [1.807, 2.05) is 21.9 Å². The second-order valence-electron chi connectivity index (χ2n) is 14.1. The van der Waals surface area contributed by atoms with Crippen LogP contribution >= 0.6 is 24.8 Å². The average Bonchev–Trinajstić information content (AvgIpc) is 3.11. The van der Waals surface area contributed by atoms with Crippen molar-refractivity contribution in [3.63, 3.8) is 0 Å². The summed E-state index contributed by atoms with van der Waals surface area (Å²) >= 11 is 0. The van der Waals surface area contributed by atoms with Crippen molar-refractivity contribution in [1.82, 2.24) is 15.3 Å². The fourth-order valence-corrected chi connectivity index (χ4v) is 6.68. The first-order valence-corrected chi connectivity index (χ1v) is 17.9. The Hall–Kier alpha value is -4.53. The minimum absolute atomic E-state index is 0. The van der Waals surface area contributed by atoms with Gasteiger partial charge in [-0.05, 0) is 94.6 Å². The van der Waals surface area contributed by atoms with Crippen molar-refractivity contribution in [2.75, 3.05) is 49.2 Å². The van der Waals surface area contributed by atoms with Gasteiger partial charge in [0.2, 0.25) is 0 Å². The summed E-state index contributed by atoms with van der Waals surface area (Å²) in [4.78, 5) is 49.8. The second kappa shape index (κ2) is 19.9. The number of piperidine rings is 2. The molecular weight excluding hydrogens is 757 g/mol. The molecule has 55 heavy (non-hydrogen) atoms. The van der Waals surface area contributed by atoms with Crippen LogP contribution in [-0.2, 0) is 23.8 Å². The van der Waals surface area contributed by atoms with Crippen molar-refractivity contribution in [3.05, 3.63) is 72.6 Å². The standard InChI is InChI=1S/C22H28FN3O4.C17H20FN3O2.2ClH/c1-5-29-20(27)17-13-26(11-9-18(17)25-21(28)30-22(2,3)4)19-16-12-15(23)7-6-14(16)8-10-24-19;1-2-23-17(22)14-10-21(8-6-15(14)19)16-13-9-12(18)4-3-11(13)5-7-20-16;;/h6-8,10,12,17-18H,5,9,11,13H2,1-4H3,(H,25,28);3-5,7,9,14-15H,2,6,8,10,19H2,1H3;2*1H. The first-order valence-electron chi connectivity index (χ1n) is 17.9. The number of fused-ring (bicyclic) bond motifs is 2. The Kier molecular flexibility index (Phi) is 16.2. The van der Waals surface area contributed by atoms with Gasteiger partial charge in [-0.25, -0.2) is 23.5 Å². The molecule has 0 spiro atoms. The van der Waals surface area contributed by atoms with Crippen molar-refractivity contribution >= 4 is 76.0 Å². The predicted octanol–water partition coefficient (Wildman–Crippen LogP) is 6.59. The van der Waals surface area contributed by atoms with Gasteiger partial charge < -0.3 is 35.1 Å². The number of carbonyl (C=O) groups excluding carboxylic acids is 3. The highest BCUT2D eigenvalue weighted by atomic mass is 35.5. The van der Waals surface area contributed by atoms with Gasteiger partial charge in [-0.15, -0.1) is 24.8 Å². The van der Waals surface area contributed by atoms with E-state index in [0.717, 1.165) is 16.2 Å². The first kappa shape index (κ1) is 44.9. The molecule has 0 radical (unpaired) electrons. The third-order valence-corrected chi connectivity index (χ3v) is 9.17. The van der Waals surface area contributed by atoms with Crippen LogP contribution in [0.2, 0.25) is 0 Å². The first-order chi connectivity index (χ1) is 25.3. The SMILES string of the molecule is CCOC(=O)C1CN(c2nccc3ccc(F)cc23)CCC1N.CCOC(=O)C1CN(c2nccc3ccc(F)cc23)CCC1NC(=O)OC(C)(C)C.Cl.Cl. The zero-order valence-corrected chi connectivity index (χ0v) is 33.3. The number of ether oxygens (including phenoxy) is 3. The predicted molar refractivity (Wildman–Crippen MR) is 213 cm³/mol. The maximum absolute atomic E-state index is 13.8. The smallest absolute Gasteiger partial charge is 0.407 e. The summed E-state index contributed by atoms with van der Waals surface area (Å²) in [5.41, 5.74) is 5.44. The van der Waals surface area contributed by atoms with Gasteiger partial charge in [-0.2, -0.15) is 0 Å². The molecule has 2 aliphatic heterocycles. The number of alkyl carbamates (subject to hydrolysis) is 1. The average molecular weight is 808 g/mol. The van der Waals surface area contributed by atoms with Crippen LogP contribution in [-0.4, -0.2) is 85.1 Å². The lowest BCUT2D eigenvalue weighted by Crippen LogP contribution is -2.55. The van der Waals surface area contributed by atoms with Gasteiger partial charge in [0.1, 0.15) is 28.9 Å². The number of nitrogens with one attached hydrogen (secondary N) is 1. The molecule has 300 valence electrons. The third-order valence-electron chi connectivity index (χ3n) is 9.17. The summed E-state index contributed by atoms with van der Waals surface area (Å²) in [6, 6.07) is 12.2. The van der Waals surface area contributed by atoms with Crippen molar-refractivity contribution < 1.29 is 37.4 Å². The molecular formula is C39H50Cl2F2N6O6. The van der Waals surface area contributed by atoms with Gasteiger partial charge in [0.25, 0.3) is 0 Å². The van der Waals surface area contributed by atoms with Gasteiger partial charge in [0.05, 0.1) is 25.0 Å². The fraction of sp³-hybridized carbons (Fsp3) is 0.462. The van der Waals surface area contributed by atoms with Gasteiger partial charge in [0, 0.05) is 61.4 Å². The molecule has 2 saturated heterocycles. The summed E-state index contributed by atoms with van der Waals surface area (Å²) < 4.78 is 43.2. The van der Waals surface area contributed by atoms with Crippen molar-refractivity contribution in [1.29, 1.82) is 0 Å². The summed E-state index contributed by atoms with van der Waals surface area (Å²) in [6.07, 6.45) is 3.96. The van der Waals surface area contributed by atoms with E-state index in [9.17, 15) is 23.2 Å². The van der Waals surface area contributed by atoms with E-state index in [1.54, 1.807) is 59.1 Å². The second-order valence-corrected chi connectivity index (χ2v) is 14.1. The molecule has 0 bridgehead atoms. The normalized spacial score (nSPS) is 19.6. The largest absolute Gasteiger partial charge is 0.466 e. The lowest BCUT2D eigenvalue weighted by molar-refractivity contribution is -0.149. The van der Waals surface area contributed by atoms with Crippen LogP contribution < -0.4 is 20.9 Å². The Bertz CT molecular complexity index is 1940. The Labute approximate surface area is 332 Å². The molecule has 3 N–H and O–H groups in total. The molecule has 4 atom stereocenters. The summed E-state index contributed by atoms with van der Waals surface area (Å²) in [7, 11) is 0. The number of carbonyl (C=O) groups is 3. The van der Waals surface area contributed by atoms with Crippen LogP contribution in [0.15, 0.2) is 60.9 Å². The number of halogens is 4. The molecule has 0 aliphatic carbocycles. The van der Waals surface area contributed by atoms with E-state index in [0.29, 0.717) is 62.6 Å². The monoisotopic (exact) mass is 806 g/mol. The maximum atomic E-state index is 13.8. The molecule has 4 aromatic rings. The Balaban J connectivity index is 0.000000294. The molecule has 4 heterocycles. The number of rotatable bonds is 7. The van der Waals surface area contributed by atoms with Crippen LogP contribution in [0.1, 0.15) is 47.5 Å². The molecule has 1 amide bonds. The maximum Gasteiger partial charge on any atom is 0.407 e. The molecule has 4 unspecified atom stereocenters. The highest BCUT2D eigenvalue weighted by Gasteiger charge is 2.38. The number of amides is 1. The Morgan fingerprint density at radius 3 is 1.75 bits per heavy atom. The van der Waals surface area contributed by atoms with Crippen LogP contribution in [0.5, 0.6) is 0 Å². The van der Waals surface area contributed by atoms with Crippen molar-refractivity contribution in [2.24, 2.45) is 17.6 Å². The summed E-state index contributed by atoms with van der Waals surface area (Å²) in [5.74, 6) is -1.03. The van der Waals surface area contributed by atoms with Gasteiger partial charge in [-0.1, -0.05) is 12.1 Å². The highest BCUT2D eigenvalue weighted by Crippen LogP contribution is 2.31. The lowest BCUT2D eigenvalue weighted by atomic mass is 9.91. The Morgan fingerprint density at radius 2 is 1.25 bits per heavy atom. The highest BCUT2D eigenvalue weighted by molar-refractivity contribution is 5.93. The number of anilines is 2. The number of pyridine rings is 2. The van der Waals surface area contributed by atoms with E-state index in [1.165, 1.54) is 24.3 Å². The zero-order chi connectivity index (χ0) is 38.3. The van der Waals surface area contributed by atoms with Crippen LogP contribution in [0.3, 0.4) is 0 Å². The van der Waals surface area contributed by atoms with Crippen molar-refractivity contribution in [2.45, 2.75) is 65.1 Å². The number of benzene rings is 2. The number of nitrogens with two attached hydrogens (primary N) is 1. The number of esters is 2. The molecule has 16 heteroatoms.